The molecular weight excluding hydrogens is 331 g/mol. The molecule has 1 atom stereocenters. The largest absolute Gasteiger partial charge is 0.276 e. The van der Waals surface area contributed by atoms with E-state index in [0.29, 0.717) is 11.4 Å². The molecule has 0 saturated heterocycles. The van der Waals surface area contributed by atoms with Gasteiger partial charge in [-0.05, 0) is 32.4 Å². The summed E-state index contributed by atoms with van der Waals surface area (Å²) in [6.07, 6.45) is 2.25. The fraction of sp³-hybridized carbons (Fsp3) is 0.385. The highest BCUT2D eigenvalue weighted by atomic mass is 35.5. The first kappa shape index (κ1) is 16.7. The molecule has 2 aromatic rings. The molecule has 2 rings (SSSR count). The number of nitrogens with zero attached hydrogens (tertiary/aromatic N) is 3. The van der Waals surface area contributed by atoms with Crippen LogP contribution in [0.15, 0.2) is 23.2 Å². The molecular formula is C13H16ClFN4O2S. The molecule has 0 amide bonds. The number of hydrogen-bond donors (Lipinski definition) is 1. The van der Waals surface area contributed by atoms with Crippen LogP contribution in [0, 0.1) is 12.9 Å². The minimum absolute atomic E-state index is 0.114. The second-order valence-electron chi connectivity index (χ2n) is 4.87. The summed E-state index contributed by atoms with van der Waals surface area (Å²) in [6, 6.07) is 2.42. The van der Waals surface area contributed by atoms with Gasteiger partial charge in [0.2, 0.25) is 5.95 Å². The van der Waals surface area contributed by atoms with Crippen LogP contribution in [0.1, 0.15) is 32.0 Å². The highest BCUT2D eigenvalue weighted by Crippen LogP contribution is 2.24. The first-order valence-corrected chi connectivity index (χ1v) is 8.51. The zero-order chi connectivity index (χ0) is 16.5. The van der Waals surface area contributed by atoms with Crippen molar-refractivity contribution < 1.29 is 12.8 Å². The SMILES string of the molecule is CCC(C)n1ncc(NS(=O)(=O)c2ccc(Cl)nc2F)c1C. The molecule has 0 fully saturated rings. The van der Waals surface area contributed by atoms with Crippen molar-refractivity contribution in [2.75, 3.05) is 4.72 Å². The number of aromatic nitrogens is 3. The third-order valence-electron chi connectivity index (χ3n) is 3.37. The third-order valence-corrected chi connectivity index (χ3v) is 4.95. The van der Waals surface area contributed by atoms with E-state index in [1.54, 1.807) is 11.6 Å². The van der Waals surface area contributed by atoms with Crippen LogP contribution < -0.4 is 4.72 Å². The Labute approximate surface area is 133 Å². The summed E-state index contributed by atoms with van der Waals surface area (Å²) in [6.45, 7) is 5.72. The van der Waals surface area contributed by atoms with E-state index < -0.39 is 20.9 Å². The van der Waals surface area contributed by atoms with Gasteiger partial charge < -0.3 is 0 Å². The quantitative estimate of drug-likeness (QED) is 0.844. The lowest BCUT2D eigenvalue weighted by atomic mass is 10.2. The summed E-state index contributed by atoms with van der Waals surface area (Å²) < 4.78 is 42.3. The van der Waals surface area contributed by atoms with Gasteiger partial charge in [-0.2, -0.15) is 9.49 Å². The molecule has 1 unspecified atom stereocenters. The molecule has 1 N–H and O–H groups in total. The van der Waals surface area contributed by atoms with Crippen LogP contribution in [0.3, 0.4) is 0 Å². The van der Waals surface area contributed by atoms with Crippen molar-refractivity contribution in [3.63, 3.8) is 0 Å². The zero-order valence-corrected chi connectivity index (χ0v) is 13.9. The Hall–Kier alpha value is -1.67. The van der Waals surface area contributed by atoms with Gasteiger partial charge in [0.15, 0.2) is 0 Å². The number of nitrogens with one attached hydrogen (secondary N) is 1. The Bertz CT molecular complexity index is 791. The van der Waals surface area contributed by atoms with Crippen molar-refractivity contribution in [1.82, 2.24) is 14.8 Å². The molecule has 2 heterocycles. The predicted octanol–water partition coefficient (Wildman–Crippen LogP) is 3.15. The van der Waals surface area contributed by atoms with Crippen molar-refractivity contribution in [3.8, 4) is 0 Å². The van der Waals surface area contributed by atoms with Gasteiger partial charge in [-0.15, -0.1) is 0 Å². The second-order valence-corrected chi connectivity index (χ2v) is 6.91. The van der Waals surface area contributed by atoms with Crippen molar-refractivity contribution >= 4 is 27.3 Å². The van der Waals surface area contributed by atoms with Crippen molar-refractivity contribution in [2.45, 2.75) is 38.1 Å². The van der Waals surface area contributed by atoms with Crippen LogP contribution >= 0.6 is 11.6 Å². The minimum atomic E-state index is -4.10. The molecule has 0 saturated carbocycles. The van der Waals surface area contributed by atoms with Crippen LogP contribution in [0.2, 0.25) is 5.15 Å². The maximum absolute atomic E-state index is 13.7. The fourth-order valence-corrected chi connectivity index (χ4v) is 3.19. The second kappa shape index (κ2) is 6.21. The van der Waals surface area contributed by atoms with Crippen LogP contribution in [-0.2, 0) is 10.0 Å². The van der Waals surface area contributed by atoms with E-state index in [1.165, 1.54) is 12.3 Å². The lowest BCUT2D eigenvalue weighted by molar-refractivity contribution is 0.468. The summed E-state index contributed by atoms with van der Waals surface area (Å²) in [5.74, 6) is -1.15. The van der Waals surface area contributed by atoms with Gasteiger partial charge in [-0.1, -0.05) is 18.5 Å². The van der Waals surface area contributed by atoms with Crippen molar-refractivity contribution in [3.05, 3.63) is 35.1 Å². The minimum Gasteiger partial charge on any atom is -0.276 e. The van der Waals surface area contributed by atoms with Crippen LogP contribution in [0.4, 0.5) is 10.1 Å². The summed E-state index contributed by atoms with van der Waals surface area (Å²) in [7, 11) is -4.10. The molecule has 0 radical (unpaired) electrons. The van der Waals surface area contributed by atoms with Gasteiger partial charge in [0, 0.05) is 6.04 Å². The number of pyridine rings is 1. The Morgan fingerprint density at radius 2 is 2.14 bits per heavy atom. The highest BCUT2D eigenvalue weighted by Gasteiger charge is 2.23. The summed E-state index contributed by atoms with van der Waals surface area (Å²) in [5, 5.41) is 4.05. The van der Waals surface area contributed by atoms with E-state index >= 15 is 0 Å². The molecule has 0 aliphatic heterocycles. The maximum atomic E-state index is 13.7. The summed E-state index contributed by atoms with van der Waals surface area (Å²) in [4.78, 5) is 2.75. The van der Waals surface area contributed by atoms with Gasteiger partial charge in [0.25, 0.3) is 10.0 Å². The lowest BCUT2D eigenvalue weighted by Gasteiger charge is -2.12. The zero-order valence-electron chi connectivity index (χ0n) is 12.3. The number of hydrogen-bond acceptors (Lipinski definition) is 4. The van der Waals surface area contributed by atoms with Crippen molar-refractivity contribution in [2.24, 2.45) is 0 Å². The van der Waals surface area contributed by atoms with Crippen LogP contribution in [0.25, 0.3) is 0 Å². The maximum Gasteiger partial charge on any atom is 0.266 e. The predicted molar refractivity (Wildman–Crippen MR) is 82.0 cm³/mol. The molecule has 0 spiro atoms. The average molecular weight is 347 g/mol. The molecule has 6 nitrogen and oxygen atoms in total. The molecule has 0 aromatic carbocycles. The van der Waals surface area contributed by atoms with E-state index in [1.807, 2.05) is 13.8 Å². The smallest absolute Gasteiger partial charge is 0.266 e. The molecule has 0 aliphatic carbocycles. The van der Waals surface area contributed by atoms with Gasteiger partial charge in [-0.3, -0.25) is 9.40 Å². The van der Waals surface area contributed by atoms with Gasteiger partial charge in [0.05, 0.1) is 17.6 Å². The molecule has 22 heavy (non-hydrogen) atoms. The summed E-state index contributed by atoms with van der Waals surface area (Å²) in [5.41, 5.74) is 0.954. The van der Waals surface area contributed by atoms with Crippen LogP contribution in [-0.4, -0.2) is 23.2 Å². The molecule has 120 valence electrons. The Morgan fingerprint density at radius 1 is 1.45 bits per heavy atom. The van der Waals surface area contributed by atoms with Crippen molar-refractivity contribution in [1.29, 1.82) is 0 Å². The van der Waals surface area contributed by atoms with E-state index in [2.05, 4.69) is 14.8 Å². The first-order chi connectivity index (χ1) is 10.3. The van der Waals surface area contributed by atoms with Gasteiger partial charge in [0.1, 0.15) is 10.0 Å². The van der Waals surface area contributed by atoms with E-state index in [4.69, 9.17) is 11.6 Å². The number of halogens is 2. The van der Waals surface area contributed by atoms with Gasteiger partial charge >= 0.3 is 0 Å². The summed E-state index contributed by atoms with van der Waals surface area (Å²) >= 11 is 5.53. The first-order valence-electron chi connectivity index (χ1n) is 6.65. The fourth-order valence-electron chi connectivity index (χ4n) is 1.94. The Morgan fingerprint density at radius 3 is 2.73 bits per heavy atom. The number of rotatable bonds is 5. The molecule has 0 aliphatic rings. The lowest BCUT2D eigenvalue weighted by Crippen LogP contribution is -2.16. The van der Waals surface area contributed by atoms with Gasteiger partial charge in [-0.25, -0.2) is 13.4 Å². The van der Waals surface area contributed by atoms with E-state index in [9.17, 15) is 12.8 Å². The number of sulfonamides is 1. The monoisotopic (exact) mass is 346 g/mol. The van der Waals surface area contributed by atoms with E-state index in [0.717, 1.165) is 12.5 Å². The normalized spacial score (nSPS) is 13.1. The Balaban J connectivity index is 2.35. The van der Waals surface area contributed by atoms with E-state index in [-0.39, 0.29) is 11.2 Å². The topological polar surface area (TPSA) is 76.9 Å². The standard InChI is InChI=1S/C13H16ClFN4O2S/c1-4-8(2)19-9(3)10(7-16-19)18-22(20,21)11-5-6-12(14)17-13(11)15/h5-8,18H,4H2,1-3H3. The van der Waals surface area contributed by atoms with Crippen LogP contribution in [0.5, 0.6) is 0 Å². The number of anilines is 1. The molecule has 9 heteroatoms. The third kappa shape index (κ3) is 3.22. The average Bonchev–Trinajstić information content (AvgIpc) is 2.78. The molecule has 2 aromatic heterocycles. The highest BCUT2D eigenvalue weighted by molar-refractivity contribution is 7.92. The Kier molecular flexibility index (Phi) is 4.72. The molecule has 0 bridgehead atoms.